The predicted molar refractivity (Wildman–Crippen MR) is 90.5 cm³/mol. The Morgan fingerprint density at radius 2 is 2.14 bits per heavy atom. The minimum atomic E-state index is 0.329. The van der Waals surface area contributed by atoms with E-state index < -0.39 is 0 Å². The summed E-state index contributed by atoms with van der Waals surface area (Å²) in [5.74, 6) is 0.892. The van der Waals surface area contributed by atoms with Crippen LogP contribution in [0.2, 0.25) is 5.28 Å². The molecule has 0 radical (unpaired) electrons. The summed E-state index contributed by atoms with van der Waals surface area (Å²) in [4.78, 5) is 13.5. The van der Waals surface area contributed by atoms with Gasteiger partial charge in [0.05, 0.1) is 5.39 Å². The van der Waals surface area contributed by atoms with Crippen LogP contribution in [0.4, 0.5) is 5.82 Å². The molecular formula is C15H21ClN4S. The molecule has 0 saturated carbocycles. The van der Waals surface area contributed by atoms with Crippen molar-refractivity contribution in [2.75, 3.05) is 25.0 Å². The average molecular weight is 325 g/mol. The van der Waals surface area contributed by atoms with E-state index in [1.165, 1.54) is 17.8 Å². The Morgan fingerprint density at radius 1 is 1.38 bits per heavy atom. The van der Waals surface area contributed by atoms with Crippen LogP contribution in [-0.2, 0) is 0 Å². The monoisotopic (exact) mass is 324 g/mol. The van der Waals surface area contributed by atoms with Gasteiger partial charge in [0.1, 0.15) is 10.6 Å². The summed E-state index contributed by atoms with van der Waals surface area (Å²) >= 11 is 7.72. The van der Waals surface area contributed by atoms with Crippen LogP contribution in [0.5, 0.6) is 0 Å². The Hall–Kier alpha value is -0.910. The van der Waals surface area contributed by atoms with Gasteiger partial charge in [0.15, 0.2) is 0 Å². The number of nitrogens with zero attached hydrogens (tertiary/aromatic N) is 3. The fourth-order valence-corrected chi connectivity index (χ4v) is 4.03. The van der Waals surface area contributed by atoms with Gasteiger partial charge in [0, 0.05) is 24.0 Å². The van der Waals surface area contributed by atoms with Gasteiger partial charge in [0.25, 0.3) is 0 Å². The van der Waals surface area contributed by atoms with Gasteiger partial charge < -0.3 is 10.2 Å². The van der Waals surface area contributed by atoms with Crippen LogP contribution in [0, 0.1) is 6.92 Å². The minimum Gasteiger partial charge on any atom is -0.367 e. The number of hydrogen-bond donors (Lipinski definition) is 1. The van der Waals surface area contributed by atoms with E-state index in [-0.39, 0.29) is 0 Å². The van der Waals surface area contributed by atoms with Crippen LogP contribution in [0.25, 0.3) is 10.2 Å². The van der Waals surface area contributed by atoms with Crippen molar-refractivity contribution in [3.05, 3.63) is 16.2 Å². The molecule has 0 amide bonds. The number of aryl methyl sites for hydroxylation is 1. The summed E-state index contributed by atoms with van der Waals surface area (Å²) in [5.41, 5.74) is 0. The van der Waals surface area contributed by atoms with Gasteiger partial charge >= 0.3 is 0 Å². The molecule has 1 aliphatic rings. The molecular weight excluding hydrogens is 304 g/mol. The summed E-state index contributed by atoms with van der Waals surface area (Å²) in [7, 11) is 0. The predicted octanol–water partition coefficient (Wildman–Crippen LogP) is 3.94. The molecule has 0 aromatic carbocycles. The lowest BCUT2D eigenvalue weighted by molar-refractivity contribution is 0.219. The molecule has 0 aliphatic carbocycles. The summed E-state index contributed by atoms with van der Waals surface area (Å²) < 4.78 is 0. The lowest BCUT2D eigenvalue weighted by Gasteiger charge is -2.32. The molecule has 1 saturated heterocycles. The third kappa shape index (κ3) is 3.47. The van der Waals surface area contributed by atoms with Crippen molar-refractivity contribution >= 4 is 39.0 Å². The fraction of sp³-hybridized carbons (Fsp3) is 0.600. The molecule has 1 aliphatic heterocycles. The van der Waals surface area contributed by atoms with Gasteiger partial charge in [-0.05, 0) is 50.4 Å². The van der Waals surface area contributed by atoms with E-state index >= 15 is 0 Å². The number of likely N-dealkylation sites (tertiary alicyclic amines) is 1. The van der Waals surface area contributed by atoms with E-state index in [4.69, 9.17) is 11.6 Å². The minimum absolute atomic E-state index is 0.329. The van der Waals surface area contributed by atoms with Crippen molar-refractivity contribution in [3.8, 4) is 0 Å². The molecule has 2 aromatic rings. The second-order valence-electron chi connectivity index (χ2n) is 5.68. The van der Waals surface area contributed by atoms with Gasteiger partial charge in [-0.15, -0.1) is 11.3 Å². The molecule has 21 heavy (non-hydrogen) atoms. The van der Waals surface area contributed by atoms with E-state index in [1.807, 2.05) is 0 Å². The molecule has 6 heteroatoms. The summed E-state index contributed by atoms with van der Waals surface area (Å²) in [6.07, 6.45) is 3.55. The Labute approximate surface area is 134 Å². The highest BCUT2D eigenvalue weighted by Crippen LogP contribution is 2.30. The Bertz CT molecular complexity index is 619. The largest absolute Gasteiger partial charge is 0.367 e. The molecule has 2 aromatic heterocycles. The first-order chi connectivity index (χ1) is 10.2. The molecule has 4 nitrogen and oxygen atoms in total. The standard InChI is InChI=1S/C15H21ClN4S/c1-3-6-20-7-4-11(5-8-20)17-13-12-9-10(2)21-14(12)19-15(16)18-13/h9,11H,3-8H2,1-2H3,(H,17,18,19). The maximum absolute atomic E-state index is 6.05. The second kappa shape index (κ2) is 6.46. The van der Waals surface area contributed by atoms with Gasteiger partial charge in [-0.2, -0.15) is 0 Å². The third-order valence-electron chi connectivity index (χ3n) is 3.96. The van der Waals surface area contributed by atoms with Crippen molar-refractivity contribution < 1.29 is 0 Å². The number of aromatic nitrogens is 2. The van der Waals surface area contributed by atoms with Crippen molar-refractivity contribution in [1.29, 1.82) is 0 Å². The second-order valence-corrected chi connectivity index (χ2v) is 7.25. The van der Waals surface area contributed by atoms with E-state index in [0.717, 1.165) is 42.0 Å². The molecule has 0 spiro atoms. The topological polar surface area (TPSA) is 41.0 Å². The van der Waals surface area contributed by atoms with Crippen molar-refractivity contribution in [1.82, 2.24) is 14.9 Å². The highest BCUT2D eigenvalue weighted by Gasteiger charge is 2.20. The molecule has 1 N–H and O–H groups in total. The Balaban J connectivity index is 1.73. The number of hydrogen-bond acceptors (Lipinski definition) is 5. The lowest BCUT2D eigenvalue weighted by Crippen LogP contribution is -2.39. The number of piperidine rings is 1. The quantitative estimate of drug-likeness (QED) is 0.865. The molecule has 114 valence electrons. The SMILES string of the molecule is CCCN1CCC(Nc2nc(Cl)nc3sc(C)cc23)CC1. The number of fused-ring (bicyclic) bond motifs is 1. The van der Waals surface area contributed by atoms with Crippen molar-refractivity contribution in [2.24, 2.45) is 0 Å². The van der Waals surface area contributed by atoms with Crippen LogP contribution in [0.3, 0.4) is 0 Å². The first-order valence-electron chi connectivity index (χ1n) is 7.58. The van der Waals surface area contributed by atoms with Crippen LogP contribution < -0.4 is 5.32 Å². The van der Waals surface area contributed by atoms with Gasteiger partial charge in [-0.25, -0.2) is 9.97 Å². The fourth-order valence-electron chi connectivity index (χ4n) is 2.94. The molecule has 3 heterocycles. The number of thiophene rings is 1. The number of nitrogens with one attached hydrogen (secondary N) is 1. The third-order valence-corrected chi connectivity index (χ3v) is 5.07. The molecule has 0 atom stereocenters. The summed E-state index contributed by atoms with van der Waals surface area (Å²) in [6, 6.07) is 2.62. The smallest absolute Gasteiger partial charge is 0.225 e. The zero-order chi connectivity index (χ0) is 14.8. The van der Waals surface area contributed by atoms with Crippen LogP contribution in [0.15, 0.2) is 6.07 Å². The number of rotatable bonds is 4. The lowest BCUT2D eigenvalue weighted by atomic mass is 10.0. The van der Waals surface area contributed by atoms with Crippen LogP contribution >= 0.6 is 22.9 Å². The van der Waals surface area contributed by atoms with Crippen molar-refractivity contribution in [3.63, 3.8) is 0 Å². The van der Waals surface area contributed by atoms with E-state index in [0.29, 0.717) is 11.3 Å². The normalized spacial score (nSPS) is 17.5. The first kappa shape index (κ1) is 15.0. The van der Waals surface area contributed by atoms with E-state index in [9.17, 15) is 0 Å². The van der Waals surface area contributed by atoms with Gasteiger partial charge in [0.2, 0.25) is 5.28 Å². The molecule has 3 rings (SSSR count). The molecule has 0 bridgehead atoms. The highest BCUT2D eigenvalue weighted by molar-refractivity contribution is 7.18. The number of anilines is 1. The Morgan fingerprint density at radius 3 is 2.86 bits per heavy atom. The zero-order valence-electron chi connectivity index (χ0n) is 12.5. The number of halogens is 1. The maximum Gasteiger partial charge on any atom is 0.225 e. The van der Waals surface area contributed by atoms with Gasteiger partial charge in [-0.1, -0.05) is 6.92 Å². The molecule has 1 fully saturated rings. The zero-order valence-corrected chi connectivity index (χ0v) is 14.1. The average Bonchev–Trinajstić information content (AvgIpc) is 2.81. The van der Waals surface area contributed by atoms with Crippen LogP contribution in [0.1, 0.15) is 31.1 Å². The maximum atomic E-state index is 6.05. The van der Waals surface area contributed by atoms with Crippen LogP contribution in [-0.4, -0.2) is 40.5 Å². The molecule has 0 unspecified atom stereocenters. The summed E-state index contributed by atoms with van der Waals surface area (Å²) in [5, 5.41) is 5.01. The van der Waals surface area contributed by atoms with E-state index in [2.05, 4.69) is 40.1 Å². The first-order valence-corrected chi connectivity index (χ1v) is 8.77. The van der Waals surface area contributed by atoms with Crippen molar-refractivity contribution in [2.45, 2.75) is 39.2 Å². The summed E-state index contributed by atoms with van der Waals surface area (Å²) in [6.45, 7) is 7.86. The Kier molecular flexibility index (Phi) is 4.62. The van der Waals surface area contributed by atoms with Gasteiger partial charge in [-0.3, -0.25) is 0 Å². The van der Waals surface area contributed by atoms with E-state index in [1.54, 1.807) is 11.3 Å². The highest BCUT2D eigenvalue weighted by atomic mass is 35.5.